The van der Waals surface area contributed by atoms with Crippen LogP contribution in [-0.2, 0) is 9.59 Å². The SMILES string of the molecule is CC/C(=C\c1cccc(O)c1)CC[C@@H](O)C1=C(C)C[C@H]2C(=O)N(c3ccc(Nc4ccccc4)cc3)C(=O)[C@H]2[C@H]1CO. The van der Waals surface area contributed by atoms with Gasteiger partial charge in [-0.3, -0.25) is 14.5 Å². The van der Waals surface area contributed by atoms with Gasteiger partial charge in [-0.15, -0.1) is 0 Å². The summed E-state index contributed by atoms with van der Waals surface area (Å²) >= 11 is 0. The Morgan fingerprint density at radius 2 is 1.71 bits per heavy atom. The van der Waals surface area contributed by atoms with E-state index in [-0.39, 0.29) is 24.2 Å². The molecule has 1 aliphatic carbocycles. The zero-order chi connectivity index (χ0) is 29.8. The molecule has 4 atom stereocenters. The predicted octanol–water partition coefficient (Wildman–Crippen LogP) is 6.20. The lowest BCUT2D eigenvalue weighted by molar-refractivity contribution is -0.123. The molecule has 7 heteroatoms. The summed E-state index contributed by atoms with van der Waals surface area (Å²) in [5.74, 6) is -2.30. The lowest BCUT2D eigenvalue weighted by atomic mass is 9.68. The molecule has 1 aliphatic heterocycles. The number of hydrogen-bond donors (Lipinski definition) is 4. The molecule has 0 radical (unpaired) electrons. The summed E-state index contributed by atoms with van der Waals surface area (Å²) in [4.78, 5) is 28.6. The third kappa shape index (κ3) is 6.03. The number of fused-ring (bicyclic) bond motifs is 1. The van der Waals surface area contributed by atoms with E-state index in [1.54, 1.807) is 30.3 Å². The molecule has 0 spiro atoms. The number of phenolic OH excluding ortho intramolecular Hbond substituents is 1. The summed E-state index contributed by atoms with van der Waals surface area (Å²) in [6.07, 6.45) is 3.39. The van der Waals surface area contributed by atoms with Gasteiger partial charge in [0.15, 0.2) is 0 Å². The number of aliphatic hydroxyl groups is 2. The molecule has 42 heavy (non-hydrogen) atoms. The maximum atomic E-state index is 13.8. The molecule has 7 nitrogen and oxygen atoms in total. The fourth-order valence-electron chi connectivity index (χ4n) is 6.43. The van der Waals surface area contributed by atoms with Crippen LogP contribution in [0.1, 0.15) is 45.1 Å². The van der Waals surface area contributed by atoms with E-state index in [1.165, 1.54) is 4.90 Å². The number of carbonyl (C=O) groups is 2. The van der Waals surface area contributed by atoms with Crippen molar-refractivity contribution < 1.29 is 24.9 Å². The topological polar surface area (TPSA) is 110 Å². The predicted molar refractivity (Wildman–Crippen MR) is 165 cm³/mol. The van der Waals surface area contributed by atoms with E-state index in [4.69, 9.17) is 0 Å². The Morgan fingerprint density at radius 1 is 1.00 bits per heavy atom. The van der Waals surface area contributed by atoms with E-state index in [9.17, 15) is 24.9 Å². The Kier molecular flexibility index (Phi) is 8.90. The first-order valence-electron chi connectivity index (χ1n) is 14.6. The van der Waals surface area contributed by atoms with Crippen molar-refractivity contribution in [1.29, 1.82) is 0 Å². The Morgan fingerprint density at radius 3 is 2.38 bits per heavy atom. The highest BCUT2D eigenvalue weighted by Crippen LogP contribution is 2.47. The number of benzene rings is 3. The number of nitrogens with zero attached hydrogens (tertiary/aromatic N) is 1. The Balaban J connectivity index is 1.31. The van der Waals surface area contributed by atoms with Gasteiger partial charge in [-0.2, -0.15) is 0 Å². The molecule has 4 N–H and O–H groups in total. The molecule has 0 unspecified atom stereocenters. The number of anilines is 3. The van der Waals surface area contributed by atoms with E-state index < -0.39 is 23.9 Å². The molecule has 3 aromatic rings. The smallest absolute Gasteiger partial charge is 0.238 e. The lowest BCUT2D eigenvalue weighted by Gasteiger charge is -2.35. The maximum Gasteiger partial charge on any atom is 0.238 e. The summed E-state index contributed by atoms with van der Waals surface area (Å²) < 4.78 is 0. The van der Waals surface area contributed by atoms with Gasteiger partial charge in [0.25, 0.3) is 0 Å². The van der Waals surface area contributed by atoms with E-state index in [2.05, 4.69) is 12.2 Å². The molecular formula is C35H38N2O5. The number of nitrogens with one attached hydrogen (secondary N) is 1. The van der Waals surface area contributed by atoms with Crippen LogP contribution < -0.4 is 10.2 Å². The lowest BCUT2D eigenvalue weighted by Crippen LogP contribution is -2.38. The van der Waals surface area contributed by atoms with Gasteiger partial charge >= 0.3 is 0 Å². The Bertz CT molecular complexity index is 1500. The fourth-order valence-corrected chi connectivity index (χ4v) is 6.43. The van der Waals surface area contributed by atoms with Crippen LogP contribution in [0.4, 0.5) is 17.1 Å². The van der Waals surface area contributed by atoms with Gasteiger partial charge in [0.1, 0.15) is 5.75 Å². The second kappa shape index (κ2) is 12.8. The van der Waals surface area contributed by atoms with Crippen molar-refractivity contribution in [1.82, 2.24) is 0 Å². The van der Waals surface area contributed by atoms with Crippen LogP contribution in [0, 0.1) is 17.8 Å². The number of aliphatic hydroxyl groups excluding tert-OH is 2. The van der Waals surface area contributed by atoms with Crippen molar-refractivity contribution in [2.24, 2.45) is 17.8 Å². The van der Waals surface area contributed by atoms with E-state index in [0.29, 0.717) is 30.5 Å². The number of allylic oxidation sites excluding steroid dienone is 2. The van der Waals surface area contributed by atoms with Gasteiger partial charge < -0.3 is 20.6 Å². The number of aromatic hydroxyl groups is 1. The van der Waals surface area contributed by atoms with Crippen molar-refractivity contribution in [3.8, 4) is 5.75 Å². The standard InChI is InChI=1S/C35H38N2O5/c1-3-23(19-24-8-7-11-28(39)20-24)12-17-31(40)32-22(2)18-29-33(30(32)21-38)35(42)37(34(29)41)27-15-13-26(14-16-27)36-25-9-5-4-6-10-25/h4-11,13-16,19-20,29-31,33,36,38-40H,3,12,17-18,21H2,1-2H3/b23-19+/t29-,30+,31-,33-/m1/s1. The molecule has 218 valence electrons. The normalized spacial score (nSPS) is 21.5. The first-order chi connectivity index (χ1) is 20.3. The summed E-state index contributed by atoms with van der Waals surface area (Å²) in [5.41, 5.74) is 5.82. The molecule has 1 fully saturated rings. The van der Waals surface area contributed by atoms with Gasteiger partial charge in [-0.25, -0.2) is 0 Å². The molecule has 0 aromatic heterocycles. The molecule has 0 saturated carbocycles. The van der Waals surface area contributed by atoms with Crippen LogP contribution in [0.25, 0.3) is 6.08 Å². The average molecular weight is 567 g/mol. The summed E-state index contributed by atoms with van der Waals surface area (Å²) in [6, 6.07) is 24.0. The third-order valence-corrected chi connectivity index (χ3v) is 8.51. The summed E-state index contributed by atoms with van der Waals surface area (Å²) in [7, 11) is 0. The van der Waals surface area contributed by atoms with Crippen LogP contribution in [-0.4, -0.2) is 39.8 Å². The van der Waals surface area contributed by atoms with Gasteiger partial charge in [-0.05, 0) is 92.3 Å². The Hall–Kier alpha value is -4.20. The largest absolute Gasteiger partial charge is 0.508 e. The molecule has 5 rings (SSSR count). The summed E-state index contributed by atoms with van der Waals surface area (Å²) in [6.45, 7) is 3.62. The minimum Gasteiger partial charge on any atom is -0.508 e. The minimum atomic E-state index is -0.845. The van der Waals surface area contributed by atoms with Crippen LogP contribution in [0.15, 0.2) is 95.6 Å². The van der Waals surface area contributed by atoms with Gasteiger partial charge in [0.2, 0.25) is 11.8 Å². The Labute approximate surface area is 246 Å². The highest BCUT2D eigenvalue weighted by molar-refractivity contribution is 6.22. The number of rotatable bonds is 10. The van der Waals surface area contributed by atoms with E-state index >= 15 is 0 Å². The van der Waals surface area contributed by atoms with E-state index in [0.717, 1.165) is 34.5 Å². The van der Waals surface area contributed by atoms with Crippen LogP contribution >= 0.6 is 0 Å². The highest BCUT2D eigenvalue weighted by Gasteiger charge is 2.54. The van der Waals surface area contributed by atoms with Crippen molar-refractivity contribution in [3.63, 3.8) is 0 Å². The molecule has 2 amide bonds. The van der Waals surface area contributed by atoms with Crippen molar-refractivity contribution in [2.45, 2.75) is 45.6 Å². The van der Waals surface area contributed by atoms with Crippen molar-refractivity contribution >= 4 is 35.0 Å². The molecule has 1 heterocycles. The zero-order valence-electron chi connectivity index (χ0n) is 24.0. The van der Waals surface area contributed by atoms with Gasteiger partial charge in [-0.1, -0.05) is 54.5 Å². The van der Waals surface area contributed by atoms with E-state index in [1.807, 2.05) is 61.5 Å². The molecule has 0 bridgehead atoms. The average Bonchev–Trinajstić information content (AvgIpc) is 3.24. The van der Waals surface area contributed by atoms with Crippen LogP contribution in [0.5, 0.6) is 5.75 Å². The van der Waals surface area contributed by atoms with Crippen molar-refractivity contribution in [2.75, 3.05) is 16.8 Å². The first-order valence-corrected chi connectivity index (χ1v) is 14.6. The monoisotopic (exact) mass is 566 g/mol. The third-order valence-electron chi connectivity index (χ3n) is 8.51. The second-order valence-corrected chi connectivity index (χ2v) is 11.2. The molecule has 1 saturated heterocycles. The number of para-hydroxylation sites is 1. The number of phenols is 1. The quantitative estimate of drug-likeness (QED) is 0.172. The molecule has 3 aromatic carbocycles. The highest BCUT2D eigenvalue weighted by atomic mass is 16.3. The summed E-state index contributed by atoms with van der Waals surface area (Å²) in [5, 5.41) is 34.9. The minimum absolute atomic E-state index is 0.201. The number of imide groups is 1. The second-order valence-electron chi connectivity index (χ2n) is 11.2. The first kappa shape index (κ1) is 29.3. The molecule has 2 aliphatic rings. The number of hydrogen-bond acceptors (Lipinski definition) is 6. The number of amides is 2. The van der Waals surface area contributed by atoms with Crippen molar-refractivity contribution in [3.05, 3.63) is 101 Å². The van der Waals surface area contributed by atoms with Gasteiger partial charge in [0.05, 0.1) is 30.2 Å². The zero-order valence-corrected chi connectivity index (χ0v) is 24.0. The van der Waals surface area contributed by atoms with Crippen LogP contribution in [0.3, 0.4) is 0 Å². The number of carbonyl (C=O) groups excluding carboxylic acids is 2. The van der Waals surface area contributed by atoms with Gasteiger partial charge in [0, 0.05) is 17.3 Å². The fraction of sp³-hybridized carbons (Fsp3) is 0.314. The molecular weight excluding hydrogens is 528 g/mol. The maximum absolute atomic E-state index is 13.8. The van der Waals surface area contributed by atoms with Crippen LogP contribution in [0.2, 0.25) is 0 Å².